The third-order valence-electron chi connectivity index (χ3n) is 5.62. The summed E-state index contributed by atoms with van der Waals surface area (Å²) in [5.41, 5.74) is 2.27. The summed E-state index contributed by atoms with van der Waals surface area (Å²) in [5.74, 6) is -0.987. The lowest BCUT2D eigenvalue weighted by Crippen LogP contribution is -2.24. The number of nitrogens with two attached hydrogens (primary N) is 1. The Bertz CT molecular complexity index is 1100. The highest BCUT2D eigenvalue weighted by molar-refractivity contribution is 7.93. The smallest absolute Gasteiger partial charge is 0.233 e. The van der Waals surface area contributed by atoms with E-state index >= 15 is 0 Å². The summed E-state index contributed by atoms with van der Waals surface area (Å²) in [4.78, 5) is 0.250. The minimum atomic E-state index is -3.77. The molecule has 2 atom stereocenters. The molecule has 164 valence electrons. The van der Waals surface area contributed by atoms with Gasteiger partial charge in [-0.25, -0.2) is 18.1 Å². The number of hydrogen-bond acceptors (Lipinski definition) is 6. The van der Waals surface area contributed by atoms with Gasteiger partial charge in [0.2, 0.25) is 6.35 Å². The Morgan fingerprint density at radius 3 is 2.20 bits per heavy atom. The van der Waals surface area contributed by atoms with E-state index in [1.165, 1.54) is 13.8 Å². The van der Waals surface area contributed by atoms with E-state index in [-0.39, 0.29) is 14.9 Å². The van der Waals surface area contributed by atoms with Crippen LogP contribution in [0, 0.1) is 11.6 Å². The fraction of sp³-hybridized carbons (Fsp3) is 0.500. The Morgan fingerprint density at radius 1 is 1.17 bits per heavy atom. The van der Waals surface area contributed by atoms with E-state index in [2.05, 4.69) is 9.68 Å². The second-order valence-electron chi connectivity index (χ2n) is 8.31. The minimum Gasteiger partial charge on any atom is -0.385 e. The number of nitrogens with zero attached hydrogens (tertiary/aromatic N) is 1. The van der Waals surface area contributed by atoms with Crippen molar-refractivity contribution in [3.05, 3.63) is 44.8 Å². The molecule has 30 heavy (non-hydrogen) atoms. The van der Waals surface area contributed by atoms with Crippen molar-refractivity contribution >= 4 is 26.9 Å². The quantitative estimate of drug-likeness (QED) is 0.517. The molecule has 2 aliphatic carbocycles. The number of aliphatic hydroxyl groups is 2. The molecule has 0 amide bonds. The van der Waals surface area contributed by atoms with Gasteiger partial charge in [-0.2, -0.15) is 4.36 Å². The van der Waals surface area contributed by atoms with Crippen LogP contribution in [0.25, 0.3) is 0 Å². The lowest BCUT2D eigenvalue weighted by atomic mass is 9.98. The maximum atomic E-state index is 14.8. The molecule has 0 saturated carbocycles. The summed E-state index contributed by atoms with van der Waals surface area (Å²) in [6.07, 6.45) is 2.64. The van der Waals surface area contributed by atoms with Gasteiger partial charge in [0.05, 0.1) is 5.60 Å². The molecule has 5 N–H and O–H groups in total. The molecule has 4 rings (SSSR count). The number of aliphatic hydroxyl groups excluding tert-OH is 1. The van der Waals surface area contributed by atoms with Crippen molar-refractivity contribution in [3.8, 4) is 0 Å². The van der Waals surface area contributed by atoms with Gasteiger partial charge in [-0.15, -0.1) is 11.3 Å². The number of hydrogen-bond donors (Lipinski definition) is 4. The molecule has 1 heterocycles. The first kappa shape index (κ1) is 21.6. The number of thiophene rings is 1. The van der Waals surface area contributed by atoms with Crippen LogP contribution in [0.5, 0.6) is 0 Å². The fourth-order valence-corrected chi connectivity index (χ4v) is 6.69. The van der Waals surface area contributed by atoms with Crippen molar-refractivity contribution in [3.63, 3.8) is 0 Å². The summed E-state index contributed by atoms with van der Waals surface area (Å²) in [5, 5.41) is 29.2. The Hall–Kier alpha value is -1.59. The Morgan fingerprint density at radius 2 is 1.70 bits per heavy atom. The van der Waals surface area contributed by atoms with Gasteiger partial charge < -0.3 is 15.5 Å². The predicted octanol–water partition coefficient (Wildman–Crippen LogP) is 3.32. The Balaban J connectivity index is 1.69. The van der Waals surface area contributed by atoms with Crippen molar-refractivity contribution < 1.29 is 23.2 Å². The zero-order chi connectivity index (χ0) is 21.8. The molecule has 1 aromatic carbocycles. The van der Waals surface area contributed by atoms with Crippen LogP contribution in [0.4, 0.5) is 14.5 Å². The molecule has 1 aromatic heterocycles. The number of rotatable bonds is 5. The van der Waals surface area contributed by atoms with Crippen molar-refractivity contribution in [2.24, 2.45) is 9.50 Å². The summed E-state index contributed by atoms with van der Waals surface area (Å²) in [7, 11) is -3.77. The molecule has 10 heteroatoms. The van der Waals surface area contributed by atoms with E-state index in [9.17, 15) is 23.2 Å². The van der Waals surface area contributed by atoms with Gasteiger partial charge in [-0.3, -0.25) is 0 Å². The lowest BCUT2D eigenvalue weighted by Gasteiger charge is -2.20. The largest absolute Gasteiger partial charge is 0.385 e. The Kier molecular flexibility index (Phi) is 5.43. The molecule has 0 aliphatic heterocycles. The number of halogens is 2. The van der Waals surface area contributed by atoms with Crippen LogP contribution in [0.1, 0.15) is 53.8 Å². The average molecular weight is 458 g/mol. The van der Waals surface area contributed by atoms with Crippen LogP contribution >= 0.6 is 11.3 Å². The van der Waals surface area contributed by atoms with Gasteiger partial charge in [0, 0.05) is 10.6 Å². The van der Waals surface area contributed by atoms with Gasteiger partial charge in [-0.05, 0) is 80.7 Å². The molecular weight excluding hydrogens is 432 g/mol. The third kappa shape index (κ3) is 3.75. The molecule has 0 fully saturated rings. The second kappa shape index (κ2) is 7.52. The van der Waals surface area contributed by atoms with Crippen LogP contribution in [0.2, 0.25) is 0 Å². The SMILES string of the molecule is CC(C)(O)c1cc(F)c(S(N)(=O)=NC(O)Nc2c3c(c(F)c4c2CCC4)CCC3)s1. The highest BCUT2D eigenvalue weighted by Crippen LogP contribution is 2.41. The normalized spacial score (nSPS) is 18.6. The number of fused-ring (bicyclic) bond motifs is 2. The van der Waals surface area contributed by atoms with Crippen molar-refractivity contribution in [2.75, 3.05) is 5.32 Å². The summed E-state index contributed by atoms with van der Waals surface area (Å²) >= 11 is 0.756. The highest BCUT2D eigenvalue weighted by atomic mass is 32.2. The summed E-state index contributed by atoms with van der Waals surface area (Å²) < 4.78 is 45.5. The van der Waals surface area contributed by atoms with E-state index in [1.54, 1.807) is 0 Å². The molecule has 2 aromatic rings. The van der Waals surface area contributed by atoms with Gasteiger partial charge in [0.25, 0.3) is 0 Å². The van der Waals surface area contributed by atoms with Gasteiger partial charge >= 0.3 is 0 Å². The fourth-order valence-electron chi connectivity index (χ4n) is 4.27. The van der Waals surface area contributed by atoms with E-state index < -0.39 is 27.7 Å². The zero-order valence-electron chi connectivity index (χ0n) is 16.8. The molecular formula is C20H25F2N3O3S2. The maximum absolute atomic E-state index is 14.8. The van der Waals surface area contributed by atoms with Gasteiger partial charge in [0.15, 0.2) is 19.9 Å². The van der Waals surface area contributed by atoms with Crippen molar-refractivity contribution in [1.29, 1.82) is 0 Å². The van der Waals surface area contributed by atoms with Crippen LogP contribution in [0.3, 0.4) is 0 Å². The predicted molar refractivity (Wildman–Crippen MR) is 113 cm³/mol. The number of nitrogens with one attached hydrogen (secondary N) is 1. The molecule has 2 unspecified atom stereocenters. The van der Waals surface area contributed by atoms with E-state index in [0.717, 1.165) is 41.4 Å². The van der Waals surface area contributed by atoms with Gasteiger partial charge in [0.1, 0.15) is 5.82 Å². The first-order valence-corrected chi connectivity index (χ1v) is 12.2. The van der Waals surface area contributed by atoms with E-state index in [0.29, 0.717) is 42.5 Å². The average Bonchev–Trinajstić information content (AvgIpc) is 3.36. The van der Waals surface area contributed by atoms with Crippen molar-refractivity contribution in [1.82, 2.24) is 0 Å². The maximum Gasteiger partial charge on any atom is 0.233 e. The number of benzene rings is 1. The second-order valence-corrected chi connectivity index (χ2v) is 11.4. The van der Waals surface area contributed by atoms with Gasteiger partial charge in [-0.1, -0.05) is 0 Å². The van der Waals surface area contributed by atoms with Crippen LogP contribution < -0.4 is 10.5 Å². The number of anilines is 1. The molecule has 6 nitrogen and oxygen atoms in total. The molecule has 0 saturated heterocycles. The molecule has 0 radical (unpaired) electrons. The molecule has 0 bridgehead atoms. The van der Waals surface area contributed by atoms with Crippen LogP contribution in [0.15, 0.2) is 14.6 Å². The summed E-state index contributed by atoms with van der Waals surface area (Å²) in [6, 6.07) is 1.07. The minimum absolute atomic E-state index is 0.144. The molecule has 2 aliphatic rings. The van der Waals surface area contributed by atoms with Crippen LogP contribution in [-0.4, -0.2) is 20.8 Å². The van der Waals surface area contributed by atoms with E-state index in [1.807, 2.05) is 0 Å². The standard InChI is InChI=1S/C20H25F2N3O3S2/c1-20(2,27)15-9-14(21)18(29-15)30(23,28)25-19(26)24-17-12-7-3-5-10(12)16(22)11-6-4-8-13(11)17/h9,19,24,26-27H,3-8H2,1-2H3,(H2,23,25,28). The first-order chi connectivity index (χ1) is 14.0. The summed E-state index contributed by atoms with van der Waals surface area (Å²) in [6.45, 7) is 2.95. The van der Waals surface area contributed by atoms with Crippen molar-refractivity contribution in [2.45, 2.75) is 68.5 Å². The van der Waals surface area contributed by atoms with Crippen LogP contribution in [-0.2, 0) is 41.2 Å². The molecule has 0 spiro atoms. The zero-order valence-corrected chi connectivity index (χ0v) is 18.4. The lowest BCUT2D eigenvalue weighted by molar-refractivity contribution is 0.0823. The first-order valence-electron chi connectivity index (χ1n) is 9.85. The third-order valence-corrected chi connectivity index (χ3v) is 9.05. The van der Waals surface area contributed by atoms with E-state index in [4.69, 9.17) is 5.14 Å². The monoisotopic (exact) mass is 457 g/mol. The highest BCUT2D eigenvalue weighted by Gasteiger charge is 2.30. The topological polar surface area (TPSA) is 108 Å². The Labute approximate surface area is 178 Å².